The van der Waals surface area contributed by atoms with Gasteiger partial charge >= 0.3 is 0 Å². The van der Waals surface area contributed by atoms with E-state index in [0.29, 0.717) is 11.4 Å². The molecule has 0 radical (unpaired) electrons. The van der Waals surface area contributed by atoms with Crippen LogP contribution < -0.4 is 14.8 Å². The van der Waals surface area contributed by atoms with Gasteiger partial charge in [0.05, 0.1) is 19.8 Å². The molecule has 0 aliphatic carbocycles. The van der Waals surface area contributed by atoms with Crippen molar-refractivity contribution in [3.05, 3.63) is 53.9 Å². The van der Waals surface area contributed by atoms with E-state index in [2.05, 4.69) is 21.1 Å². The van der Waals surface area contributed by atoms with Crippen LogP contribution in [0.3, 0.4) is 0 Å². The number of rotatable bonds is 6. The molecule has 0 spiro atoms. The molecule has 0 saturated carbocycles. The third kappa shape index (κ3) is 3.64. The number of fused-ring (bicyclic) bond motifs is 1. The molecule has 1 N–H and O–H groups in total. The average Bonchev–Trinajstić information content (AvgIpc) is 2.96. The van der Waals surface area contributed by atoms with E-state index in [-0.39, 0.29) is 11.9 Å². The molecule has 0 aliphatic rings. The summed E-state index contributed by atoms with van der Waals surface area (Å²) in [5.74, 6) is 1.16. The Kier molecular flexibility index (Phi) is 5.11. The maximum absolute atomic E-state index is 12.4. The van der Waals surface area contributed by atoms with Crippen molar-refractivity contribution in [2.75, 3.05) is 14.2 Å². The summed E-state index contributed by atoms with van der Waals surface area (Å²) in [5.41, 5.74) is 2.82. The number of pyridine rings is 1. The van der Waals surface area contributed by atoms with Crippen LogP contribution in [0, 0.1) is 0 Å². The molecule has 1 atom stereocenters. The first-order valence-electron chi connectivity index (χ1n) is 8.44. The van der Waals surface area contributed by atoms with E-state index >= 15 is 0 Å². The second-order valence-electron chi connectivity index (χ2n) is 6.32. The van der Waals surface area contributed by atoms with Gasteiger partial charge in [-0.15, -0.1) is 0 Å². The summed E-state index contributed by atoms with van der Waals surface area (Å²) < 4.78 is 12.4. The third-order valence-corrected chi connectivity index (χ3v) is 4.39. The van der Waals surface area contributed by atoms with Crippen LogP contribution in [0.4, 0.5) is 0 Å². The topological polar surface area (TPSA) is 65.4 Å². The number of amides is 1. The number of benzene rings is 1. The normalized spacial score (nSPS) is 12.0. The molecule has 2 heterocycles. The van der Waals surface area contributed by atoms with Gasteiger partial charge in [-0.2, -0.15) is 0 Å². The predicted molar refractivity (Wildman–Crippen MR) is 101 cm³/mol. The molecule has 0 fully saturated rings. The van der Waals surface area contributed by atoms with E-state index in [9.17, 15) is 4.79 Å². The molecule has 3 aromatic rings. The highest BCUT2D eigenvalue weighted by Crippen LogP contribution is 2.26. The molecule has 0 aliphatic heterocycles. The molecule has 3 rings (SSSR count). The van der Waals surface area contributed by atoms with Gasteiger partial charge in [0.25, 0.3) is 5.91 Å². The van der Waals surface area contributed by atoms with Crippen molar-refractivity contribution in [1.82, 2.24) is 14.9 Å². The number of aryl methyl sites for hydroxylation is 1. The largest absolute Gasteiger partial charge is 0.497 e. The summed E-state index contributed by atoms with van der Waals surface area (Å²) in [7, 11) is 5.23. The molecule has 1 aromatic carbocycles. The molecular formula is C20H23N3O3. The second kappa shape index (κ2) is 7.47. The molecular weight excluding hydrogens is 330 g/mol. The Bertz CT molecular complexity index is 916. The average molecular weight is 353 g/mol. The highest BCUT2D eigenvalue weighted by atomic mass is 16.5. The van der Waals surface area contributed by atoms with Crippen LogP contribution >= 0.6 is 0 Å². The van der Waals surface area contributed by atoms with Crippen molar-refractivity contribution >= 4 is 16.8 Å². The van der Waals surface area contributed by atoms with Gasteiger partial charge in [-0.25, -0.2) is 4.98 Å². The maximum Gasteiger partial charge on any atom is 0.253 e. The lowest BCUT2D eigenvalue weighted by atomic mass is 10.1. The van der Waals surface area contributed by atoms with E-state index in [1.165, 1.54) is 11.8 Å². The van der Waals surface area contributed by atoms with Gasteiger partial charge in [0.1, 0.15) is 5.75 Å². The van der Waals surface area contributed by atoms with Crippen LogP contribution in [0.5, 0.6) is 11.6 Å². The SMILES string of the molecule is COc1ccc2c(c1)c(CC(C)NC(=O)c1ccc(OC)nc1)cn2C. The molecule has 2 aromatic heterocycles. The Morgan fingerprint density at radius 3 is 2.69 bits per heavy atom. The summed E-state index contributed by atoms with van der Waals surface area (Å²) in [4.78, 5) is 16.5. The lowest BCUT2D eigenvalue weighted by Gasteiger charge is -2.13. The fourth-order valence-corrected chi connectivity index (χ4v) is 3.07. The van der Waals surface area contributed by atoms with E-state index in [1.54, 1.807) is 26.4 Å². The lowest BCUT2D eigenvalue weighted by Crippen LogP contribution is -2.34. The summed E-state index contributed by atoms with van der Waals surface area (Å²) in [6.07, 6.45) is 4.34. The first kappa shape index (κ1) is 17.8. The van der Waals surface area contributed by atoms with Crippen molar-refractivity contribution < 1.29 is 14.3 Å². The molecule has 136 valence electrons. The molecule has 0 saturated heterocycles. The smallest absolute Gasteiger partial charge is 0.253 e. The fourth-order valence-electron chi connectivity index (χ4n) is 3.07. The maximum atomic E-state index is 12.4. The van der Waals surface area contributed by atoms with Crippen LogP contribution in [0.15, 0.2) is 42.7 Å². The van der Waals surface area contributed by atoms with E-state index < -0.39 is 0 Å². The van der Waals surface area contributed by atoms with Crippen molar-refractivity contribution in [3.8, 4) is 11.6 Å². The minimum absolute atomic E-state index is 0.0265. The number of hydrogen-bond donors (Lipinski definition) is 1. The van der Waals surface area contributed by atoms with Gasteiger partial charge in [0.2, 0.25) is 5.88 Å². The van der Waals surface area contributed by atoms with Crippen LogP contribution in [0.1, 0.15) is 22.8 Å². The second-order valence-corrected chi connectivity index (χ2v) is 6.32. The minimum atomic E-state index is -0.148. The van der Waals surface area contributed by atoms with E-state index in [0.717, 1.165) is 23.1 Å². The van der Waals surface area contributed by atoms with Gasteiger partial charge in [0, 0.05) is 42.5 Å². The Hall–Kier alpha value is -3.02. The first-order chi connectivity index (χ1) is 12.5. The zero-order valence-electron chi connectivity index (χ0n) is 15.4. The van der Waals surface area contributed by atoms with Gasteiger partial charge in [-0.1, -0.05) is 0 Å². The molecule has 26 heavy (non-hydrogen) atoms. The first-order valence-corrected chi connectivity index (χ1v) is 8.44. The molecule has 1 amide bonds. The van der Waals surface area contributed by atoms with Crippen molar-refractivity contribution in [2.24, 2.45) is 7.05 Å². The molecule has 6 heteroatoms. The highest BCUT2D eigenvalue weighted by molar-refractivity contribution is 5.94. The van der Waals surface area contributed by atoms with Crippen LogP contribution in [-0.2, 0) is 13.5 Å². The number of aromatic nitrogens is 2. The quantitative estimate of drug-likeness (QED) is 0.740. The van der Waals surface area contributed by atoms with Gasteiger partial charge in [-0.05, 0) is 43.2 Å². The summed E-state index contributed by atoms with van der Waals surface area (Å²) in [6.45, 7) is 1.99. The number of nitrogens with one attached hydrogen (secondary N) is 1. The third-order valence-electron chi connectivity index (χ3n) is 4.39. The Balaban J connectivity index is 1.74. The zero-order chi connectivity index (χ0) is 18.7. The van der Waals surface area contributed by atoms with Crippen molar-refractivity contribution in [3.63, 3.8) is 0 Å². The summed E-state index contributed by atoms with van der Waals surface area (Å²) in [5, 5.41) is 4.16. The minimum Gasteiger partial charge on any atom is -0.497 e. The zero-order valence-corrected chi connectivity index (χ0v) is 15.4. The standard InChI is InChI=1S/C20H23N3O3/c1-13(22-20(24)14-5-8-19(26-4)21-11-14)9-15-12-23(2)18-7-6-16(25-3)10-17(15)18/h5-8,10-13H,9H2,1-4H3,(H,22,24). The summed E-state index contributed by atoms with van der Waals surface area (Å²) >= 11 is 0. The lowest BCUT2D eigenvalue weighted by molar-refractivity contribution is 0.0939. The Morgan fingerprint density at radius 2 is 2.04 bits per heavy atom. The van der Waals surface area contributed by atoms with Crippen LogP contribution in [0.25, 0.3) is 10.9 Å². The van der Waals surface area contributed by atoms with Gasteiger partial charge in [0.15, 0.2) is 0 Å². The van der Waals surface area contributed by atoms with Crippen molar-refractivity contribution in [2.45, 2.75) is 19.4 Å². The highest BCUT2D eigenvalue weighted by Gasteiger charge is 2.14. The number of methoxy groups -OCH3 is 2. The Labute approximate surface area is 152 Å². The van der Waals surface area contributed by atoms with Crippen molar-refractivity contribution in [1.29, 1.82) is 0 Å². The molecule has 0 bridgehead atoms. The monoisotopic (exact) mass is 353 g/mol. The predicted octanol–water partition coefficient (Wildman–Crippen LogP) is 2.95. The van der Waals surface area contributed by atoms with Gasteiger partial charge < -0.3 is 19.4 Å². The summed E-state index contributed by atoms with van der Waals surface area (Å²) in [6, 6.07) is 9.39. The van der Waals surface area contributed by atoms with Gasteiger partial charge in [-0.3, -0.25) is 4.79 Å². The number of ether oxygens (including phenoxy) is 2. The van der Waals surface area contributed by atoms with E-state index in [1.807, 2.05) is 32.2 Å². The van der Waals surface area contributed by atoms with E-state index in [4.69, 9.17) is 9.47 Å². The van der Waals surface area contributed by atoms with Crippen LogP contribution in [0.2, 0.25) is 0 Å². The molecule has 6 nitrogen and oxygen atoms in total. The fraction of sp³-hybridized carbons (Fsp3) is 0.300. The number of carbonyl (C=O) groups excluding carboxylic acids is 1. The Morgan fingerprint density at radius 1 is 1.23 bits per heavy atom. The molecule has 1 unspecified atom stereocenters. The van der Waals surface area contributed by atoms with Crippen LogP contribution in [-0.4, -0.2) is 35.7 Å². The number of nitrogens with zero attached hydrogens (tertiary/aromatic N) is 2. The number of carbonyl (C=O) groups is 1. The number of hydrogen-bond acceptors (Lipinski definition) is 4.